The van der Waals surface area contributed by atoms with Crippen LogP contribution in [0.15, 0.2) is 65.7 Å². The van der Waals surface area contributed by atoms with E-state index in [0.29, 0.717) is 19.6 Å². The Balaban J connectivity index is 1.57. The molecule has 2 aliphatic heterocycles. The molecule has 0 bridgehead atoms. The van der Waals surface area contributed by atoms with Gasteiger partial charge in [0.1, 0.15) is 23.7 Å². The number of aliphatic imine (C=N–C) groups is 1. The van der Waals surface area contributed by atoms with Gasteiger partial charge in [-0.3, -0.25) is 4.99 Å². The molecule has 2 aromatic carbocycles. The van der Waals surface area contributed by atoms with Gasteiger partial charge in [0.15, 0.2) is 5.17 Å². The number of aliphatic hydroxyl groups excluding tert-OH is 1. The van der Waals surface area contributed by atoms with Crippen molar-refractivity contribution in [3.8, 4) is 0 Å². The first kappa shape index (κ1) is 22.3. The number of ether oxygens (including phenoxy) is 3. The minimum absolute atomic E-state index is 0.0325. The van der Waals surface area contributed by atoms with Crippen LogP contribution in [-0.2, 0) is 27.4 Å². The molecule has 0 aromatic heterocycles. The molecular formula is C24H30N2O4S. The van der Waals surface area contributed by atoms with Crippen molar-refractivity contribution in [2.24, 2.45) is 4.99 Å². The fourth-order valence-electron chi connectivity index (χ4n) is 3.89. The van der Waals surface area contributed by atoms with Crippen LogP contribution in [0.3, 0.4) is 0 Å². The quantitative estimate of drug-likeness (QED) is 0.677. The van der Waals surface area contributed by atoms with Gasteiger partial charge in [-0.2, -0.15) is 0 Å². The molecule has 0 aliphatic carbocycles. The molecule has 1 N–H and O–H groups in total. The van der Waals surface area contributed by atoms with E-state index in [0.717, 1.165) is 16.3 Å². The molecular weight excluding hydrogens is 412 g/mol. The summed E-state index contributed by atoms with van der Waals surface area (Å²) in [6, 6.07) is 20.0. The lowest BCUT2D eigenvalue weighted by molar-refractivity contribution is -0.200. The number of hydrogen-bond donors (Lipinski definition) is 1. The van der Waals surface area contributed by atoms with Crippen molar-refractivity contribution in [2.45, 2.75) is 49.4 Å². The van der Waals surface area contributed by atoms with Crippen molar-refractivity contribution in [2.75, 3.05) is 20.7 Å². The summed E-state index contributed by atoms with van der Waals surface area (Å²) in [7, 11) is 3.97. The standard InChI is InChI=1S/C24H30N2O4S/c1-26(2)24-25-20-22(29-16-18-11-7-4-8-12-18)21(19(13-14-27)30-23(20)31-24)28-15-17-9-5-3-6-10-17/h3-12,19-23,27H,13-16H2,1-2H3/t19-,20-,21-,22?,23-/m1/s1. The highest BCUT2D eigenvalue weighted by Gasteiger charge is 2.50. The van der Waals surface area contributed by atoms with Gasteiger partial charge in [-0.15, -0.1) is 0 Å². The predicted octanol–water partition coefficient (Wildman–Crippen LogP) is 3.30. The van der Waals surface area contributed by atoms with Gasteiger partial charge in [0.25, 0.3) is 0 Å². The van der Waals surface area contributed by atoms with Gasteiger partial charge in [0.2, 0.25) is 0 Å². The summed E-state index contributed by atoms with van der Waals surface area (Å²) in [5.74, 6) is 0. The van der Waals surface area contributed by atoms with E-state index in [2.05, 4.69) is 12.1 Å². The monoisotopic (exact) mass is 442 g/mol. The van der Waals surface area contributed by atoms with Crippen molar-refractivity contribution >= 4 is 16.9 Å². The third-order valence-electron chi connectivity index (χ3n) is 5.46. The fourth-order valence-corrected chi connectivity index (χ4v) is 5.05. The highest BCUT2D eigenvalue weighted by molar-refractivity contribution is 8.14. The lowest BCUT2D eigenvalue weighted by Crippen LogP contribution is -2.57. The van der Waals surface area contributed by atoms with E-state index >= 15 is 0 Å². The summed E-state index contributed by atoms with van der Waals surface area (Å²) in [5, 5.41) is 10.6. The maximum absolute atomic E-state index is 9.68. The Kier molecular flexibility index (Phi) is 7.63. The minimum Gasteiger partial charge on any atom is -0.396 e. The van der Waals surface area contributed by atoms with Gasteiger partial charge in [-0.1, -0.05) is 72.4 Å². The zero-order chi connectivity index (χ0) is 21.6. The van der Waals surface area contributed by atoms with Crippen LogP contribution in [0.1, 0.15) is 17.5 Å². The molecule has 2 aliphatic rings. The molecule has 1 unspecified atom stereocenters. The summed E-state index contributed by atoms with van der Waals surface area (Å²) >= 11 is 1.61. The number of aliphatic hydroxyl groups is 1. The van der Waals surface area contributed by atoms with E-state index in [1.807, 2.05) is 67.5 Å². The summed E-state index contributed by atoms with van der Waals surface area (Å²) < 4.78 is 19.2. The lowest BCUT2D eigenvalue weighted by Gasteiger charge is -2.42. The van der Waals surface area contributed by atoms with E-state index in [9.17, 15) is 5.11 Å². The van der Waals surface area contributed by atoms with Crippen molar-refractivity contribution in [1.29, 1.82) is 0 Å². The largest absolute Gasteiger partial charge is 0.396 e. The van der Waals surface area contributed by atoms with Crippen molar-refractivity contribution < 1.29 is 19.3 Å². The summed E-state index contributed by atoms with van der Waals surface area (Å²) in [4.78, 5) is 6.92. The van der Waals surface area contributed by atoms with E-state index < -0.39 is 0 Å². The third-order valence-corrected chi connectivity index (χ3v) is 6.77. The van der Waals surface area contributed by atoms with Gasteiger partial charge >= 0.3 is 0 Å². The van der Waals surface area contributed by atoms with E-state index in [1.54, 1.807) is 11.8 Å². The maximum Gasteiger partial charge on any atom is 0.161 e. The molecule has 2 heterocycles. The molecule has 0 spiro atoms. The molecule has 0 saturated carbocycles. The van der Waals surface area contributed by atoms with Gasteiger partial charge < -0.3 is 24.2 Å². The second-order valence-corrected chi connectivity index (χ2v) is 9.06. The number of hydrogen-bond acceptors (Lipinski definition) is 7. The summed E-state index contributed by atoms with van der Waals surface area (Å²) in [6.45, 7) is 0.963. The van der Waals surface area contributed by atoms with Crippen LogP contribution in [0.2, 0.25) is 0 Å². The van der Waals surface area contributed by atoms with Crippen molar-refractivity contribution in [1.82, 2.24) is 4.90 Å². The average molecular weight is 443 g/mol. The lowest BCUT2D eigenvalue weighted by atomic mass is 9.95. The Labute approximate surface area is 188 Å². The highest BCUT2D eigenvalue weighted by Crippen LogP contribution is 2.40. The maximum atomic E-state index is 9.68. The second kappa shape index (κ2) is 10.6. The molecule has 31 heavy (non-hydrogen) atoms. The molecule has 0 radical (unpaired) electrons. The van der Waals surface area contributed by atoms with Crippen molar-refractivity contribution in [3.05, 3.63) is 71.8 Å². The first-order valence-corrected chi connectivity index (χ1v) is 11.5. The van der Waals surface area contributed by atoms with Gasteiger partial charge in [0, 0.05) is 20.7 Å². The molecule has 6 nitrogen and oxygen atoms in total. The third kappa shape index (κ3) is 5.48. The van der Waals surface area contributed by atoms with Crippen LogP contribution in [0, 0.1) is 0 Å². The first-order chi connectivity index (χ1) is 15.2. The summed E-state index contributed by atoms with van der Waals surface area (Å²) in [6.07, 6.45) is -0.376. The van der Waals surface area contributed by atoms with Crippen LogP contribution in [-0.4, -0.2) is 65.7 Å². The number of amidine groups is 1. The molecule has 4 rings (SSSR count). The number of rotatable bonds is 8. The van der Waals surface area contributed by atoms with Crippen LogP contribution >= 0.6 is 11.8 Å². The predicted molar refractivity (Wildman–Crippen MR) is 123 cm³/mol. The minimum atomic E-state index is -0.330. The molecule has 2 aromatic rings. The highest BCUT2D eigenvalue weighted by atomic mass is 32.2. The van der Waals surface area contributed by atoms with Gasteiger partial charge in [-0.05, 0) is 17.5 Å². The number of fused-ring (bicyclic) bond motifs is 1. The molecule has 1 saturated heterocycles. The van der Waals surface area contributed by atoms with Gasteiger partial charge in [0.05, 0.1) is 19.3 Å². The molecule has 1 fully saturated rings. The Bertz CT molecular complexity index is 849. The Morgan fingerprint density at radius 1 is 0.935 bits per heavy atom. The van der Waals surface area contributed by atoms with Crippen LogP contribution in [0.4, 0.5) is 0 Å². The fraction of sp³-hybridized carbons (Fsp3) is 0.458. The molecule has 166 valence electrons. The molecule has 5 atom stereocenters. The summed E-state index contributed by atoms with van der Waals surface area (Å²) in [5.41, 5.74) is 2.05. The SMILES string of the molecule is CN(C)C1=N[C@@H]2C(OCc3ccccc3)[C@H](OCc3ccccc3)[C@@H](CCO)O[C@@H]2S1. The van der Waals surface area contributed by atoms with E-state index in [4.69, 9.17) is 19.2 Å². The Morgan fingerprint density at radius 3 is 2.06 bits per heavy atom. The van der Waals surface area contributed by atoms with Crippen LogP contribution < -0.4 is 0 Å². The van der Waals surface area contributed by atoms with Gasteiger partial charge in [-0.25, -0.2) is 0 Å². The zero-order valence-electron chi connectivity index (χ0n) is 18.0. The Hall–Kier alpha value is -1.90. The van der Waals surface area contributed by atoms with E-state index in [-0.39, 0.29) is 36.4 Å². The normalized spacial score (nSPS) is 27.6. The molecule has 7 heteroatoms. The first-order valence-electron chi connectivity index (χ1n) is 10.6. The number of thioether (sulfide) groups is 1. The van der Waals surface area contributed by atoms with Crippen LogP contribution in [0.5, 0.6) is 0 Å². The zero-order valence-corrected chi connectivity index (χ0v) is 18.8. The average Bonchev–Trinajstić information content (AvgIpc) is 3.22. The topological polar surface area (TPSA) is 63.5 Å². The Morgan fingerprint density at radius 2 is 1.52 bits per heavy atom. The van der Waals surface area contributed by atoms with Crippen molar-refractivity contribution in [3.63, 3.8) is 0 Å². The van der Waals surface area contributed by atoms with Crippen LogP contribution in [0.25, 0.3) is 0 Å². The number of benzene rings is 2. The molecule has 0 amide bonds. The second-order valence-electron chi connectivity index (χ2n) is 7.99. The number of nitrogens with zero attached hydrogens (tertiary/aromatic N) is 2. The van der Waals surface area contributed by atoms with E-state index in [1.165, 1.54) is 0 Å². The smallest absolute Gasteiger partial charge is 0.161 e.